The Morgan fingerprint density at radius 3 is 2.44 bits per heavy atom. The first-order chi connectivity index (χ1) is 8.38. The summed E-state index contributed by atoms with van der Waals surface area (Å²) in [6.07, 6.45) is -5.58. The van der Waals surface area contributed by atoms with E-state index in [2.05, 4.69) is 36.6 Å². The van der Waals surface area contributed by atoms with Crippen molar-refractivity contribution in [2.75, 3.05) is 0 Å². The number of benzene rings is 1. The molecule has 2 nitrogen and oxygen atoms in total. The number of alkyl halides is 3. The van der Waals surface area contributed by atoms with Gasteiger partial charge in [0.25, 0.3) is 0 Å². The summed E-state index contributed by atoms with van der Waals surface area (Å²) >= 11 is 6.68. The van der Waals surface area contributed by atoms with Crippen molar-refractivity contribution in [1.29, 1.82) is 0 Å². The molecule has 3 rings (SSSR count). The molecular formula is C11H5Br2F3O2. The molecule has 96 valence electrons. The number of halogens is 5. The Morgan fingerprint density at radius 2 is 1.78 bits per heavy atom. The Labute approximate surface area is 117 Å². The minimum atomic E-state index is -4.70. The van der Waals surface area contributed by atoms with Crippen molar-refractivity contribution in [2.45, 2.75) is 18.6 Å². The first kappa shape index (κ1) is 12.5. The Kier molecular flexibility index (Phi) is 2.76. The normalized spacial score (nSPS) is 25.6. The molecule has 18 heavy (non-hydrogen) atoms. The van der Waals surface area contributed by atoms with E-state index in [1.165, 1.54) is 12.1 Å². The molecule has 0 aliphatic carbocycles. The molecular weight excluding hydrogens is 381 g/mol. The van der Waals surface area contributed by atoms with Crippen LogP contribution in [0.5, 0.6) is 5.75 Å². The second-order valence-corrected chi connectivity index (χ2v) is 5.61. The third-order valence-corrected chi connectivity index (χ3v) is 5.05. The summed E-state index contributed by atoms with van der Waals surface area (Å²) in [5.74, 6) is -0.204. The molecule has 0 saturated heterocycles. The molecule has 0 saturated carbocycles. The van der Waals surface area contributed by atoms with Gasteiger partial charge in [-0.3, -0.25) is 0 Å². The number of hydrogen-bond donors (Lipinski definition) is 0. The lowest BCUT2D eigenvalue weighted by Gasteiger charge is -2.17. The van der Waals surface area contributed by atoms with Gasteiger partial charge < -0.3 is 9.47 Å². The standard InChI is InChI=1S/C11H5Br2F3O2/c12-7-8(13)10-6-4(9(7)17-10)2-1-3-5(6)18-11(14,15)16/h1-3,9-10H/t9-,10+/m1/s1. The molecule has 2 atom stereocenters. The topological polar surface area (TPSA) is 18.5 Å². The van der Waals surface area contributed by atoms with Gasteiger partial charge in [0.15, 0.2) is 0 Å². The lowest BCUT2D eigenvalue weighted by atomic mass is 9.96. The van der Waals surface area contributed by atoms with Gasteiger partial charge in [-0.2, -0.15) is 0 Å². The van der Waals surface area contributed by atoms with Crippen molar-refractivity contribution < 1.29 is 22.6 Å². The van der Waals surface area contributed by atoms with Crippen LogP contribution in [0, 0.1) is 0 Å². The predicted molar refractivity (Wildman–Crippen MR) is 64.6 cm³/mol. The fraction of sp³-hybridized carbons (Fsp3) is 0.273. The molecule has 0 N–H and O–H groups in total. The van der Waals surface area contributed by atoms with Crippen LogP contribution in [0.25, 0.3) is 0 Å². The Bertz CT molecular complexity index is 554. The van der Waals surface area contributed by atoms with Crippen molar-refractivity contribution in [3.05, 3.63) is 38.3 Å². The molecule has 0 unspecified atom stereocenters. The summed E-state index contributed by atoms with van der Waals surface area (Å²) in [5, 5.41) is 0. The fourth-order valence-electron chi connectivity index (χ4n) is 2.19. The molecule has 2 heterocycles. The van der Waals surface area contributed by atoms with E-state index in [0.29, 0.717) is 15.6 Å². The summed E-state index contributed by atoms with van der Waals surface area (Å²) in [4.78, 5) is 0. The minimum Gasteiger partial charge on any atom is -0.405 e. The first-order valence-corrected chi connectivity index (χ1v) is 6.56. The van der Waals surface area contributed by atoms with Gasteiger partial charge >= 0.3 is 6.36 Å². The first-order valence-electron chi connectivity index (χ1n) is 4.97. The zero-order valence-corrected chi connectivity index (χ0v) is 11.8. The van der Waals surface area contributed by atoms with Crippen LogP contribution in [-0.2, 0) is 4.74 Å². The predicted octanol–water partition coefficient (Wildman–Crippen LogP) is 4.71. The highest BCUT2D eigenvalue weighted by Crippen LogP contribution is 2.59. The highest BCUT2D eigenvalue weighted by molar-refractivity contribution is 9.14. The third kappa shape index (κ3) is 1.80. The second kappa shape index (κ2) is 3.98. The lowest BCUT2D eigenvalue weighted by molar-refractivity contribution is -0.275. The van der Waals surface area contributed by atoms with Crippen LogP contribution in [0.4, 0.5) is 13.2 Å². The SMILES string of the molecule is FC(F)(F)Oc1cccc2c1[C@@H]1O[C@H]2C(Br)=C1Br. The highest BCUT2D eigenvalue weighted by atomic mass is 79.9. The van der Waals surface area contributed by atoms with Crippen LogP contribution in [0.2, 0.25) is 0 Å². The molecule has 0 aromatic heterocycles. The van der Waals surface area contributed by atoms with E-state index in [1.807, 2.05) is 0 Å². The van der Waals surface area contributed by atoms with Gasteiger partial charge in [0.2, 0.25) is 0 Å². The van der Waals surface area contributed by atoms with Crippen molar-refractivity contribution in [3.63, 3.8) is 0 Å². The molecule has 0 spiro atoms. The molecule has 1 aromatic carbocycles. The maximum absolute atomic E-state index is 12.3. The summed E-state index contributed by atoms with van der Waals surface area (Å²) in [7, 11) is 0. The zero-order chi connectivity index (χ0) is 13.1. The molecule has 7 heteroatoms. The van der Waals surface area contributed by atoms with Gasteiger partial charge in [-0.1, -0.05) is 44.0 Å². The second-order valence-electron chi connectivity index (χ2n) is 3.90. The van der Waals surface area contributed by atoms with Crippen LogP contribution in [0.15, 0.2) is 27.2 Å². The Hall–Kier alpha value is -0.530. The van der Waals surface area contributed by atoms with Crippen molar-refractivity contribution in [1.82, 2.24) is 0 Å². The fourth-order valence-corrected chi connectivity index (χ4v) is 3.30. The monoisotopic (exact) mass is 384 g/mol. The summed E-state index contributed by atoms with van der Waals surface area (Å²) in [6, 6.07) is 4.56. The van der Waals surface area contributed by atoms with E-state index in [-0.39, 0.29) is 11.9 Å². The van der Waals surface area contributed by atoms with Gasteiger partial charge in [-0.25, -0.2) is 0 Å². The van der Waals surface area contributed by atoms with Crippen LogP contribution >= 0.6 is 31.9 Å². The molecule has 2 bridgehead atoms. The molecule has 0 fully saturated rings. The minimum absolute atomic E-state index is 0.204. The molecule has 0 radical (unpaired) electrons. The van der Waals surface area contributed by atoms with E-state index in [0.717, 1.165) is 4.48 Å². The average molecular weight is 386 g/mol. The number of ether oxygens (including phenoxy) is 2. The van der Waals surface area contributed by atoms with Gasteiger partial charge in [0.1, 0.15) is 18.0 Å². The number of rotatable bonds is 1. The zero-order valence-electron chi connectivity index (χ0n) is 8.59. The maximum atomic E-state index is 12.3. The average Bonchev–Trinajstić information content (AvgIpc) is 2.76. The summed E-state index contributed by atoms with van der Waals surface area (Å²) in [5.41, 5.74) is 1.15. The summed E-state index contributed by atoms with van der Waals surface area (Å²) in [6.45, 7) is 0. The largest absolute Gasteiger partial charge is 0.573 e. The molecule has 1 aromatic rings. The summed E-state index contributed by atoms with van der Waals surface area (Å²) < 4.78 is 48.2. The van der Waals surface area contributed by atoms with E-state index in [4.69, 9.17) is 4.74 Å². The smallest absolute Gasteiger partial charge is 0.405 e. The highest BCUT2D eigenvalue weighted by Gasteiger charge is 2.46. The van der Waals surface area contributed by atoms with Crippen molar-refractivity contribution >= 4 is 31.9 Å². The van der Waals surface area contributed by atoms with E-state index >= 15 is 0 Å². The van der Waals surface area contributed by atoms with Crippen LogP contribution in [0.3, 0.4) is 0 Å². The molecule has 0 amide bonds. The van der Waals surface area contributed by atoms with Gasteiger partial charge in [-0.05, 0) is 11.6 Å². The number of fused-ring (bicyclic) bond motifs is 5. The Morgan fingerprint density at radius 1 is 1.11 bits per heavy atom. The molecule has 2 aliphatic heterocycles. The Balaban J connectivity index is 2.08. The van der Waals surface area contributed by atoms with Crippen LogP contribution < -0.4 is 4.74 Å². The van der Waals surface area contributed by atoms with E-state index in [1.54, 1.807) is 6.07 Å². The lowest BCUT2D eigenvalue weighted by Crippen LogP contribution is -2.18. The van der Waals surface area contributed by atoms with Gasteiger partial charge in [-0.15, -0.1) is 13.2 Å². The van der Waals surface area contributed by atoms with Gasteiger partial charge in [0.05, 0.1) is 0 Å². The van der Waals surface area contributed by atoms with Gasteiger partial charge in [0, 0.05) is 14.5 Å². The maximum Gasteiger partial charge on any atom is 0.573 e. The van der Waals surface area contributed by atoms with E-state index in [9.17, 15) is 13.2 Å². The number of hydrogen-bond acceptors (Lipinski definition) is 2. The third-order valence-electron chi connectivity index (χ3n) is 2.83. The quantitative estimate of drug-likeness (QED) is 0.696. The van der Waals surface area contributed by atoms with Crippen molar-refractivity contribution in [2.24, 2.45) is 0 Å². The molecule has 2 aliphatic rings. The van der Waals surface area contributed by atoms with Crippen LogP contribution in [-0.4, -0.2) is 6.36 Å². The van der Waals surface area contributed by atoms with E-state index < -0.39 is 12.5 Å². The van der Waals surface area contributed by atoms with Crippen LogP contribution in [0.1, 0.15) is 23.3 Å². The van der Waals surface area contributed by atoms with Crippen molar-refractivity contribution in [3.8, 4) is 5.75 Å².